The van der Waals surface area contributed by atoms with Gasteiger partial charge in [-0.3, -0.25) is 0 Å². The van der Waals surface area contributed by atoms with Crippen LogP contribution in [-0.2, 0) is 6.18 Å². The molecule has 146 valence electrons. The van der Waals surface area contributed by atoms with Gasteiger partial charge >= 0.3 is 6.18 Å². The number of alkyl halides is 3. The maximum atomic E-state index is 13.3. The van der Waals surface area contributed by atoms with Crippen LogP contribution in [0.1, 0.15) is 36.8 Å². The Balaban J connectivity index is 1.84. The van der Waals surface area contributed by atoms with Crippen molar-refractivity contribution < 1.29 is 23.4 Å². The summed E-state index contributed by atoms with van der Waals surface area (Å²) in [5.41, 5.74) is 0.200. The summed E-state index contributed by atoms with van der Waals surface area (Å²) >= 11 is 0. The number of rotatable bonds is 4. The van der Waals surface area contributed by atoms with E-state index in [1.54, 1.807) is 19.1 Å². The number of aromatic nitrogens is 2. The van der Waals surface area contributed by atoms with Gasteiger partial charge in [0.1, 0.15) is 17.1 Å². The molecule has 1 aliphatic carbocycles. The van der Waals surface area contributed by atoms with Crippen LogP contribution in [0.2, 0.25) is 0 Å². The lowest BCUT2D eigenvalue weighted by atomic mass is 9.93. The third-order valence-electron chi connectivity index (χ3n) is 4.60. The Hall–Kier alpha value is -2.55. The number of hydrogen-bond acceptors (Lipinski definition) is 6. The molecule has 9 heteroatoms. The number of halogens is 3. The number of aryl methyl sites for hydroxylation is 1. The monoisotopic (exact) mass is 382 g/mol. The van der Waals surface area contributed by atoms with Gasteiger partial charge in [0.2, 0.25) is 5.95 Å². The van der Waals surface area contributed by atoms with Crippen molar-refractivity contribution in [3.8, 4) is 5.75 Å². The van der Waals surface area contributed by atoms with Gasteiger partial charge in [-0.1, -0.05) is 6.07 Å². The van der Waals surface area contributed by atoms with Crippen LogP contribution in [0.5, 0.6) is 5.75 Å². The first-order chi connectivity index (χ1) is 12.7. The lowest BCUT2D eigenvalue weighted by molar-refractivity contribution is -0.137. The smallest absolute Gasteiger partial charge is 0.421 e. The fraction of sp³-hybridized carbons (Fsp3) is 0.444. The molecule has 27 heavy (non-hydrogen) atoms. The summed E-state index contributed by atoms with van der Waals surface area (Å²) < 4.78 is 39.9. The zero-order valence-electron chi connectivity index (χ0n) is 14.7. The van der Waals surface area contributed by atoms with Gasteiger partial charge in [-0.2, -0.15) is 18.2 Å². The topological polar surface area (TPSA) is 90.3 Å². The van der Waals surface area contributed by atoms with Gasteiger partial charge in [-0.25, -0.2) is 4.98 Å². The minimum absolute atomic E-state index is 0.00963. The minimum atomic E-state index is -4.59. The molecular weight excluding hydrogens is 361 g/mol. The van der Waals surface area contributed by atoms with Crippen LogP contribution in [0.3, 0.4) is 0 Å². The van der Waals surface area contributed by atoms with E-state index in [0.717, 1.165) is 6.20 Å². The third kappa shape index (κ3) is 4.79. The first kappa shape index (κ1) is 19.2. The van der Waals surface area contributed by atoms with Crippen molar-refractivity contribution in [3.63, 3.8) is 0 Å². The highest BCUT2D eigenvalue weighted by Gasteiger charge is 2.36. The van der Waals surface area contributed by atoms with Crippen molar-refractivity contribution in [2.24, 2.45) is 0 Å². The molecular formula is C18H21F3N4O2. The Kier molecular flexibility index (Phi) is 5.41. The van der Waals surface area contributed by atoms with Crippen molar-refractivity contribution in [1.82, 2.24) is 9.97 Å². The predicted octanol–water partition coefficient (Wildman–Crippen LogP) is 3.97. The highest BCUT2D eigenvalue weighted by molar-refractivity contribution is 5.59. The lowest BCUT2D eigenvalue weighted by Gasteiger charge is -2.27. The largest absolute Gasteiger partial charge is 0.508 e. The standard InChI is InChI=1S/C18H21F3N4O2/c1-10-2-3-12(8-15(10)27)24-17-22-9-14(18(19,20)21)16(25-17)23-11-4-6-13(26)7-5-11/h2-3,8-9,11,13,26-27H,4-7H2,1H3,(H2,22,23,24,25)/t11-,13-. The quantitative estimate of drug-likeness (QED) is 0.640. The van der Waals surface area contributed by atoms with Crippen LogP contribution in [0.25, 0.3) is 0 Å². The molecule has 1 saturated carbocycles. The van der Waals surface area contributed by atoms with Crippen molar-refractivity contribution in [2.75, 3.05) is 10.6 Å². The Morgan fingerprint density at radius 1 is 1.15 bits per heavy atom. The second-order valence-electron chi connectivity index (χ2n) is 6.73. The van der Waals surface area contributed by atoms with Crippen LogP contribution < -0.4 is 10.6 Å². The molecule has 1 fully saturated rings. The number of benzene rings is 1. The van der Waals surface area contributed by atoms with Crippen molar-refractivity contribution in [1.29, 1.82) is 0 Å². The molecule has 1 aliphatic rings. The molecule has 1 aromatic carbocycles. The summed E-state index contributed by atoms with van der Waals surface area (Å²) in [6, 6.07) is 4.60. The normalized spacial score (nSPS) is 20.3. The number of aliphatic hydroxyl groups is 1. The maximum absolute atomic E-state index is 13.3. The molecule has 1 aromatic heterocycles. The van der Waals surface area contributed by atoms with Gasteiger partial charge in [0.15, 0.2) is 0 Å². The van der Waals surface area contributed by atoms with E-state index in [1.807, 2.05) is 0 Å². The molecule has 4 N–H and O–H groups in total. The lowest BCUT2D eigenvalue weighted by Crippen LogP contribution is -2.29. The predicted molar refractivity (Wildman–Crippen MR) is 95.0 cm³/mol. The van der Waals surface area contributed by atoms with Crippen LogP contribution in [0.4, 0.5) is 30.6 Å². The second kappa shape index (κ2) is 7.59. The molecule has 0 amide bonds. The molecule has 0 aliphatic heterocycles. The van der Waals surface area contributed by atoms with Crippen LogP contribution in [0.15, 0.2) is 24.4 Å². The number of nitrogens with zero attached hydrogens (tertiary/aromatic N) is 2. The van der Waals surface area contributed by atoms with E-state index in [2.05, 4.69) is 20.6 Å². The Bertz CT molecular complexity index is 806. The van der Waals surface area contributed by atoms with Gasteiger partial charge in [0, 0.05) is 24.0 Å². The van der Waals surface area contributed by atoms with E-state index in [1.165, 1.54) is 6.07 Å². The molecule has 0 unspecified atom stereocenters. The number of phenols is 1. The third-order valence-corrected chi connectivity index (χ3v) is 4.60. The van der Waals surface area contributed by atoms with E-state index < -0.39 is 17.8 Å². The zero-order valence-corrected chi connectivity index (χ0v) is 14.7. The van der Waals surface area contributed by atoms with E-state index >= 15 is 0 Å². The van der Waals surface area contributed by atoms with Crippen LogP contribution >= 0.6 is 0 Å². The molecule has 0 radical (unpaired) electrons. The van der Waals surface area contributed by atoms with Gasteiger partial charge < -0.3 is 20.8 Å². The van der Waals surface area contributed by atoms with Gasteiger partial charge in [-0.05, 0) is 44.2 Å². The summed E-state index contributed by atoms with van der Waals surface area (Å²) in [7, 11) is 0. The Morgan fingerprint density at radius 3 is 2.48 bits per heavy atom. The van der Waals surface area contributed by atoms with E-state index in [4.69, 9.17) is 0 Å². The molecule has 0 bridgehead atoms. The molecule has 6 nitrogen and oxygen atoms in total. The number of hydrogen-bond donors (Lipinski definition) is 4. The van der Waals surface area contributed by atoms with E-state index in [-0.39, 0.29) is 23.6 Å². The SMILES string of the molecule is Cc1ccc(Nc2ncc(C(F)(F)F)c(N[C@H]3CC[C@H](O)CC3)n2)cc1O. The Morgan fingerprint density at radius 2 is 1.85 bits per heavy atom. The fourth-order valence-corrected chi connectivity index (χ4v) is 2.99. The van der Waals surface area contributed by atoms with Crippen molar-refractivity contribution in [2.45, 2.75) is 50.9 Å². The van der Waals surface area contributed by atoms with Gasteiger partial charge in [0.05, 0.1) is 6.10 Å². The number of aliphatic hydroxyl groups excluding tert-OH is 1. The van der Waals surface area contributed by atoms with E-state index in [0.29, 0.717) is 36.9 Å². The molecule has 3 rings (SSSR count). The first-order valence-electron chi connectivity index (χ1n) is 8.68. The molecule has 0 spiro atoms. The van der Waals surface area contributed by atoms with Crippen molar-refractivity contribution in [3.05, 3.63) is 35.5 Å². The van der Waals surface area contributed by atoms with Crippen molar-refractivity contribution >= 4 is 17.5 Å². The molecule has 2 aromatic rings. The average Bonchev–Trinajstić information content (AvgIpc) is 2.59. The highest BCUT2D eigenvalue weighted by atomic mass is 19.4. The molecule has 0 atom stereocenters. The summed E-state index contributed by atoms with van der Waals surface area (Å²) in [5, 5.41) is 25.0. The minimum Gasteiger partial charge on any atom is -0.508 e. The number of anilines is 3. The van der Waals surface area contributed by atoms with Crippen LogP contribution in [-0.4, -0.2) is 32.3 Å². The average molecular weight is 382 g/mol. The van der Waals surface area contributed by atoms with Gasteiger partial charge in [0.25, 0.3) is 0 Å². The second-order valence-corrected chi connectivity index (χ2v) is 6.73. The van der Waals surface area contributed by atoms with Crippen LogP contribution in [0, 0.1) is 6.92 Å². The molecule has 0 saturated heterocycles. The number of aromatic hydroxyl groups is 1. The van der Waals surface area contributed by atoms with E-state index in [9.17, 15) is 23.4 Å². The zero-order chi connectivity index (χ0) is 19.6. The first-order valence-corrected chi connectivity index (χ1v) is 8.68. The Labute approximate surface area is 154 Å². The summed E-state index contributed by atoms with van der Waals surface area (Å²) in [4.78, 5) is 7.76. The highest BCUT2D eigenvalue weighted by Crippen LogP contribution is 2.35. The summed E-state index contributed by atoms with van der Waals surface area (Å²) in [6.45, 7) is 1.73. The number of phenolic OH excluding ortho intramolecular Hbond substituents is 1. The van der Waals surface area contributed by atoms with Gasteiger partial charge in [-0.15, -0.1) is 0 Å². The fourth-order valence-electron chi connectivity index (χ4n) is 2.99. The molecule has 1 heterocycles. The number of nitrogens with one attached hydrogen (secondary N) is 2. The maximum Gasteiger partial charge on any atom is 0.421 e. The summed E-state index contributed by atoms with van der Waals surface area (Å²) in [6.07, 6.45) is -2.04. The summed E-state index contributed by atoms with van der Waals surface area (Å²) in [5.74, 6) is -0.242.